The average molecular weight is 574 g/mol. The Balaban J connectivity index is 1.23. The fourth-order valence-corrected chi connectivity index (χ4v) is 5.03. The Hall–Kier alpha value is -2.83. The Morgan fingerprint density at radius 2 is 1.50 bits per heavy atom. The highest BCUT2D eigenvalue weighted by molar-refractivity contribution is 5.89. The third-order valence-corrected chi connectivity index (χ3v) is 7.62. The van der Waals surface area contributed by atoms with E-state index in [9.17, 15) is 36.2 Å². The van der Waals surface area contributed by atoms with Crippen molar-refractivity contribution in [2.24, 2.45) is 11.3 Å². The van der Waals surface area contributed by atoms with Crippen LogP contribution in [0.25, 0.3) is 0 Å². The van der Waals surface area contributed by atoms with Gasteiger partial charge in [-0.15, -0.1) is 0 Å². The summed E-state index contributed by atoms with van der Waals surface area (Å²) in [6.07, 6.45) is -9.15. The number of urea groups is 1. The van der Waals surface area contributed by atoms with E-state index in [1.165, 1.54) is 12.1 Å². The summed E-state index contributed by atoms with van der Waals surface area (Å²) in [6.45, 7) is 5.73. The summed E-state index contributed by atoms with van der Waals surface area (Å²) in [5.74, 6) is 0.430. The second-order valence-corrected chi connectivity index (χ2v) is 11.1. The van der Waals surface area contributed by atoms with Crippen LogP contribution in [0, 0.1) is 11.3 Å². The van der Waals surface area contributed by atoms with Crippen LogP contribution in [-0.4, -0.2) is 61.2 Å². The number of carbonyl (C=O) groups is 1. The van der Waals surface area contributed by atoms with Crippen molar-refractivity contribution in [2.75, 3.05) is 38.2 Å². The van der Waals surface area contributed by atoms with Crippen molar-refractivity contribution in [3.8, 4) is 0 Å². The highest BCUT2D eigenvalue weighted by atomic mass is 19.4. The predicted molar refractivity (Wildman–Crippen MR) is 137 cm³/mol. The number of nitrogens with one attached hydrogen (secondary N) is 2. The van der Waals surface area contributed by atoms with Crippen LogP contribution in [0.1, 0.15) is 36.5 Å². The number of rotatable bonds is 8. The largest absolute Gasteiger partial charge is 0.430 e. The molecule has 2 aromatic carbocycles. The lowest BCUT2D eigenvalue weighted by atomic mass is 9.89. The molecule has 0 spiro atoms. The third kappa shape index (κ3) is 6.90. The Kier molecular flexibility index (Phi) is 8.72. The topological polar surface area (TPSA) is 73.8 Å². The molecule has 2 fully saturated rings. The molecule has 0 unspecified atom stereocenters. The lowest BCUT2D eigenvalue weighted by Crippen LogP contribution is -2.53. The van der Waals surface area contributed by atoms with E-state index in [4.69, 9.17) is 4.74 Å². The molecule has 12 heteroatoms. The fraction of sp³-hybridized carbons (Fsp3) is 0.536. The number of carbonyl (C=O) groups excluding carboxylic acids is 1. The van der Waals surface area contributed by atoms with Gasteiger partial charge in [0, 0.05) is 29.8 Å². The van der Waals surface area contributed by atoms with Crippen molar-refractivity contribution in [1.29, 1.82) is 0 Å². The number of aliphatic hydroxyl groups is 1. The number of halogens is 6. The molecule has 4 rings (SSSR count). The maximum Gasteiger partial charge on any atom is 0.430 e. The minimum absolute atomic E-state index is 0.0123. The summed E-state index contributed by atoms with van der Waals surface area (Å²) in [5, 5.41) is 15.2. The minimum atomic E-state index is -5.90. The number of likely N-dealkylation sites (tertiary alicyclic amines) is 1. The van der Waals surface area contributed by atoms with Gasteiger partial charge in [-0.05, 0) is 61.5 Å². The number of anilines is 1. The van der Waals surface area contributed by atoms with Gasteiger partial charge in [-0.3, -0.25) is 4.90 Å². The van der Waals surface area contributed by atoms with Gasteiger partial charge < -0.3 is 20.5 Å². The fourth-order valence-electron chi connectivity index (χ4n) is 5.03. The average Bonchev–Trinajstić information content (AvgIpc) is 2.87. The number of piperidine rings is 1. The molecule has 0 radical (unpaired) electrons. The highest BCUT2D eigenvalue weighted by Gasteiger charge is 2.71. The normalized spacial score (nSPS) is 18.7. The smallest absolute Gasteiger partial charge is 0.380 e. The molecule has 2 aromatic rings. The van der Waals surface area contributed by atoms with Gasteiger partial charge in [0.1, 0.15) is 0 Å². The lowest BCUT2D eigenvalue weighted by Gasteiger charge is -2.37. The van der Waals surface area contributed by atoms with E-state index >= 15 is 0 Å². The summed E-state index contributed by atoms with van der Waals surface area (Å²) < 4.78 is 83.8. The quantitative estimate of drug-likeness (QED) is 0.359. The number of nitrogens with zero attached hydrogens (tertiary/aromatic N) is 1. The number of amides is 2. The Morgan fingerprint density at radius 3 is 2.00 bits per heavy atom. The van der Waals surface area contributed by atoms with Crippen molar-refractivity contribution in [1.82, 2.24) is 10.2 Å². The van der Waals surface area contributed by atoms with Crippen LogP contribution in [0.2, 0.25) is 0 Å². The minimum Gasteiger partial charge on any atom is -0.380 e. The molecule has 0 aliphatic carbocycles. The van der Waals surface area contributed by atoms with Crippen LogP contribution in [0.3, 0.4) is 0 Å². The van der Waals surface area contributed by atoms with E-state index in [1.807, 2.05) is 24.3 Å². The monoisotopic (exact) mass is 573 g/mol. The first-order valence-electron chi connectivity index (χ1n) is 13.1. The van der Waals surface area contributed by atoms with Crippen LogP contribution in [0.15, 0.2) is 48.5 Å². The van der Waals surface area contributed by atoms with Gasteiger partial charge in [-0.25, -0.2) is 4.79 Å². The molecule has 2 aliphatic rings. The number of benzene rings is 2. The third-order valence-electron chi connectivity index (χ3n) is 7.62. The first-order chi connectivity index (χ1) is 18.7. The summed E-state index contributed by atoms with van der Waals surface area (Å²) in [4.78, 5) is 14.2. The van der Waals surface area contributed by atoms with Crippen LogP contribution in [0.4, 0.5) is 36.8 Å². The van der Waals surface area contributed by atoms with E-state index in [0.717, 1.165) is 37.9 Å². The maximum absolute atomic E-state index is 13.1. The molecule has 0 aromatic heterocycles. The van der Waals surface area contributed by atoms with Gasteiger partial charge in [0.15, 0.2) is 0 Å². The molecular weight excluding hydrogens is 540 g/mol. The molecule has 0 bridgehead atoms. The van der Waals surface area contributed by atoms with Gasteiger partial charge >= 0.3 is 18.4 Å². The van der Waals surface area contributed by atoms with E-state index in [1.54, 1.807) is 0 Å². The molecule has 0 atom stereocenters. The molecule has 6 nitrogen and oxygen atoms in total. The number of hydrogen-bond acceptors (Lipinski definition) is 4. The van der Waals surface area contributed by atoms with Crippen molar-refractivity contribution in [2.45, 2.75) is 50.7 Å². The molecule has 2 saturated heterocycles. The van der Waals surface area contributed by atoms with Gasteiger partial charge in [0.25, 0.3) is 5.60 Å². The molecule has 0 saturated carbocycles. The molecule has 2 heterocycles. The molecule has 3 N–H and O–H groups in total. The van der Waals surface area contributed by atoms with Gasteiger partial charge in [-0.2, -0.15) is 26.3 Å². The van der Waals surface area contributed by atoms with Crippen LogP contribution >= 0.6 is 0 Å². The van der Waals surface area contributed by atoms with Crippen molar-refractivity contribution >= 4 is 11.7 Å². The van der Waals surface area contributed by atoms with Crippen LogP contribution < -0.4 is 10.6 Å². The van der Waals surface area contributed by atoms with Gasteiger partial charge in [-0.1, -0.05) is 43.3 Å². The van der Waals surface area contributed by atoms with Crippen molar-refractivity contribution in [3.05, 3.63) is 65.2 Å². The second kappa shape index (κ2) is 11.6. The Labute approximate surface area is 228 Å². The first kappa shape index (κ1) is 30.1. The molecular formula is C28H33F6N3O3. The van der Waals surface area contributed by atoms with E-state index < -0.39 is 23.5 Å². The zero-order valence-corrected chi connectivity index (χ0v) is 22.0. The standard InChI is InChI=1S/C28H33F6N3O3/c1-25(17-40-18-25)16-35-24(38)36-23-8-4-19(5-9-23)14-20-10-12-37(13-11-20)15-21-2-6-22(7-3-21)26(39,27(29,30)31)28(32,33)34/h2-9,20,39H,10-18H2,1H3,(H2,35,36,38). The molecule has 40 heavy (non-hydrogen) atoms. The summed E-state index contributed by atoms with van der Waals surface area (Å²) >= 11 is 0. The number of ether oxygens (including phenoxy) is 1. The number of hydrogen-bond donors (Lipinski definition) is 3. The zero-order valence-electron chi connectivity index (χ0n) is 22.0. The molecule has 2 amide bonds. The van der Waals surface area contributed by atoms with Gasteiger partial charge in [0.2, 0.25) is 0 Å². The van der Waals surface area contributed by atoms with E-state index in [0.29, 0.717) is 55.6 Å². The van der Waals surface area contributed by atoms with E-state index in [2.05, 4.69) is 22.5 Å². The molecule has 2 aliphatic heterocycles. The van der Waals surface area contributed by atoms with E-state index in [-0.39, 0.29) is 11.4 Å². The zero-order chi connectivity index (χ0) is 29.2. The Bertz CT molecular complexity index is 1130. The van der Waals surface area contributed by atoms with Crippen LogP contribution in [-0.2, 0) is 23.3 Å². The maximum atomic E-state index is 13.1. The molecule has 220 valence electrons. The second-order valence-electron chi connectivity index (χ2n) is 11.1. The first-order valence-corrected chi connectivity index (χ1v) is 13.1. The highest BCUT2D eigenvalue weighted by Crippen LogP contribution is 2.50. The predicted octanol–water partition coefficient (Wildman–Crippen LogP) is 5.61. The van der Waals surface area contributed by atoms with Gasteiger partial charge in [0.05, 0.1) is 13.2 Å². The SMILES string of the molecule is CC1(CNC(=O)Nc2ccc(CC3CCN(Cc4ccc(C(O)(C(F)(F)F)C(F)(F)F)cc4)CC3)cc2)COC1. The Morgan fingerprint density at radius 1 is 0.950 bits per heavy atom. The van der Waals surface area contributed by atoms with Crippen molar-refractivity contribution < 1.29 is 41.0 Å². The summed E-state index contributed by atoms with van der Waals surface area (Å²) in [7, 11) is 0. The summed E-state index contributed by atoms with van der Waals surface area (Å²) in [5.41, 5.74) is -3.78. The lowest BCUT2D eigenvalue weighted by molar-refractivity contribution is -0.376. The number of alkyl halides is 6. The summed E-state index contributed by atoms with van der Waals surface area (Å²) in [6, 6.07) is 11.2. The van der Waals surface area contributed by atoms with Crippen LogP contribution in [0.5, 0.6) is 0 Å². The van der Waals surface area contributed by atoms with Crippen molar-refractivity contribution in [3.63, 3.8) is 0 Å².